The maximum atomic E-state index is 13.6. The second-order valence-electron chi connectivity index (χ2n) is 13.5. The third kappa shape index (κ3) is 4.91. The summed E-state index contributed by atoms with van der Waals surface area (Å²) in [6, 6.07) is 0. The second kappa shape index (κ2) is 11.3. The van der Waals surface area contributed by atoms with E-state index >= 15 is 0 Å². The van der Waals surface area contributed by atoms with Crippen molar-refractivity contribution in [2.45, 2.75) is 71.0 Å². The molecule has 39 heavy (non-hydrogen) atoms. The van der Waals surface area contributed by atoms with Gasteiger partial charge in [-0.05, 0) is 74.0 Å². The van der Waals surface area contributed by atoms with Crippen molar-refractivity contribution in [3.8, 4) is 0 Å². The van der Waals surface area contributed by atoms with E-state index in [1.807, 2.05) is 0 Å². The molecule has 5 fully saturated rings. The molecular formula is C31H49NO7. The molecule has 0 aromatic heterocycles. The van der Waals surface area contributed by atoms with Gasteiger partial charge in [0.2, 0.25) is 5.91 Å². The summed E-state index contributed by atoms with van der Waals surface area (Å²) < 4.78 is 28.4. The van der Waals surface area contributed by atoms with E-state index in [0.717, 1.165) is 30.8 Å². The lowest BCUT2D eigenvalue weighted by Crippen LogP contribution is -2.56. The zero-order valence-corrected chi connectivity index (χ0v) is 24.0. The van der Waals surface area contributed by atoms with Gasteiger partial charge in [-0.2, -0.15) is 0 Å². The molecule has 1 unspecified atom stereocenters. The molecule has 1 aliphatic heterocycles. The second-order valence-corrected chi connectivity index (χ2v) is 13.5. The van der Waals surface area contributed by atoms with Gasteiger partial charge >= 0.3 is 0 Å². The molecule has 9 atom stereocenters. The Morgan fingerprint density at radius 1 is 0.949 bits per heavy atom. The van der Waals surface area contributed by atoms with Crippen LogP contribution in [0.2, 0.25) is 0 Å². The lowest BCUT2D eigenvalue weighted by molar-refractivity contribution is -0.144. The number of rotatable bonds is 3. The van der Waals surface area contributed by atoms with Gasteiger partial charge < -0.3 is 34.1 Å². The highest BCUT2D eigenvalue weighted by atomic mass is 16.6. The smallest absolute Gasteiger partial charge is 0.247 e. The van der Waals surface area contributed by atoms with E-state index in [2.05, 4.69) is 25.2 Å². The highest BCUT2D eigenvalue weighted by Gasteiger charge is 2.77. The van der Waals surface area contributed by atoms with Crippen LogP contribution in [0, 0.1) is 39.9 Å². The van der Waals surface area contributed by atoms with E-state index in [1.165, 1.54) is 25.7 Å². The molecule has 6 aliphatic rings. The first-order chi connectivity index (χ1) is 18.9. The molecule has 1 spiro atoms. The fourth-order valence-electron chi connectivity index (χ4n) is 9.84. The van der Waals surface area contributed by atoms with E-state index in [0.29, 0.717) is 83.8 Å². The molecule has 1 heterocycles. The van der Waals surface area contributed by atoms with Crippen LogP contribution < -0.4 is 5.32 Å². The molecule has 4 saturated carbocycles. The van der Waals surface area contributed by atoms with Crippen molar-refractivity contribution in [2.24, 2.45) is 39.9 Å². The Labute approximate surface area is 233 Å². The minimum atomic E-state index is -0.251. The average Bonchev–Trinajstić information content (AvgIpc) is 3.45. The van der Waals surface area contributed by atoms with Crippen molar-refractivity contribution in [3.63, 3.8) is 0 Å². The van der Waals surface area contributed by atoms with Crippen LogP contribution in [-0.4, -0.2) is 89.2 Å². The Morgan fingerprint density at radius 2 is 1.64 bits per heavy atom. The average molecular weight is 548 g/mol. The van der Waals surface area contributed by atoms with Crippen LogP contribution in [0.3, 0.4) is 0 Å². The van der Waals surface area contributed by atoms with Crippen LogP contribution in [0.15, 0.2) is 11.6 Å². The zero-order valence-electron chi connectivity index (χ0n) is 24.0. The summed E-state index contributed by atoms with van der Waals surface area (Å²) in [7, 11) is 0. The van der Waals surface area contributed by atoms with Gasteiger partial charge in [-0.25, -0.2) is 0 Å². The molecule has 8 heteroatoms. The van der Waals surface area contributed by atoms with Gasteiger partial charge in [-0.1, -0.05) is 19.9 Å². The van der Waals surface area contributed by atoms with Crippen molar-refractivity contribution in [1.82, 2.24) is 5.32 Å². The standard InChI is InChI=1S/C31H49NO7/c1-29-7-6-25-23(17-27(33)31-18-21(31)5-8-30(25,31)2)24(29)3-4-26(29)28(34)32-19-22-20-38-14-13-36-10-9-35-11-12-37-15-16-39-22/h4,21-25,27,33H,3,5-20H2,1-2H3,(H,32,34)/t21-,22?,23-,24-,25-,27-,29-,30+,31+/m0/s1. The van der Waals surface area contributed by atoms with Gasteiger partial charge in [0.1, 0.15) is 0 Å². The number of carbonyl (C=O) groups is 1. The minimum Gasteiger partial charge on any atom is -0.393 e. The molecule has 0 aromatic carbocycles. The topological polar surface area (TPSA) is 95.5 Å². The molecule has 1 amide bonds. The number of fused-ring (bicyclic) bond motifs is 4. The summed E-state index contributed by atoms with van der Waals surface area (Å²) in [5, 5.41) is 14.6. The van der Waals surface area contributed by atoms with Crippen LogP contribution in [0.25, 0.3) is 0 Å². The van der Waals surface area contributed by atoms with E-state index < -0.39 is 0 Å². The summed E-state index contributed by atoms with van der Waals surface area (Å²) in [6.07, 6.45) is 9.70. The first-order valence-electron chi connectivity index (χ1n) is 15.5. The number of hydrogen-bond donors (Lipinski definition) is 2. The number of carbonyl (C=O) groups excluding carboxylic acids is 1. The number of allylic oxidation sites excluding steroid dienone is 1. The predicted molar refractivity (Wildman–Crippen MR) is 145 cm³/mol. The molecule has 0 radical (unpaired) electrons. The maximum Gasteiger partial charge on any atom is 0.247 e. The van der Waals surface area contributed by atoms with Crippen molar-refractivity contribution in [2.75, 3.05) is 66.0 Å². The van der Waals surface area contributed by atoms with Gasteiger partial charge in [-0.15, -0.1) is 0 Å². The zero-order chi connectivity index (χ0) is 27.1. The minimum absolute atomic E-state index is 0.0248. The number of nitrogens with one attached hydrogen (secondary N) is 1. The Hall–Kier alpha value is -1.03. The van der Waals surface area contributed by atoms with Gasteiger partial charge in [0.15, 0.2) is 0 Å². The number of hydrogen-bond acceptors (Lipinski definition) is 7. The lowest BCUT2D eigenvalue weighted by atomic mass is 9.45. The first kappa shape index (κ1) is 28.1. The maximum absolute atomic E-state index is 13.6. The van der Waals surface area contributed by atoms with Crippen LogP contribution in [0.5, 0.6) is 0 Å². The molecular weight excluding hydrogens is 498 g/mol. The highest BCUT2D eigenvalue weighted by molar-refractivity contribution is 5.95. The monoisotopic (exact) mass is 547 g/mol. The molecule has 220 valence electrons. The fraction of sp³-hybridized carbons (Fsp3) is 0.903. The van der Waals surface area contributed by atoms with E-state index in [4.69, 9.17) is 23.7 Å². The number of aliphatic hydroxyl groups excluding tert-OH is 1. The Balaban J connectivity index is 1.05. The summed E-state index contributed by atoms with van der Waals surface area (Å²) in [5.74, 6) is 2.40. The molecule has 2 N–H and O–H groups in total. The summed E-state index contributed by atoms with van der Waals surface area (Å²) in [5.41, 5.74) is 1.29. The first-order valence-corrected chi connectivity index (χ1v) is 15.5. The van der Waals surface area contributed by atoms with Crippen LogP contribution in [0.1, 0.15) is 58.8 Å². The third-order valence-electron chi connectivity index (χ3n) is 11.9. The lowest BCUT2D eigenvalue weighted by Gasteiger charge is -2.59. The van der Waals surface area contributed by atoms with Gasteiger partial charge in [0.05, 0.1) is 71.7 Å². The number of aliphatic hydroxyl groups is 1. The molecule has 6 rings (SSSR count). The normalized spacial score (nSPS) is 46.9. The van der Waals surface area contributed by atoms with Crippen molar-refractivity contribution >= 4 is 5.91 Å². The Kier molecular flexibility index (Phi) is 8.17. The van der Waals surface area contributed by atoms with E-state index in [-0.39, 0.29) is 34.4 Å². The van der Waals surface area contributed by atoms with Gasteiger partial charge in [0.25, 0.3) is 0 Å². The Bertz CT molecular complexity index is 911. The molecule has 0 aromatic rings. The predicted octanol–water partition coefficient (Wildman–Crippen LogP) is 3.12. The van der Waals surface area contributed by atoms with Gasteiger partial charge in [0, 0.05) is 22.9 Å². The number of amides is 1. The molecule has 1 saturated heterocycles. The number of ether oxygens (including phenoxy) is 5. The van der Waals surface area contributed by atoms with Crippen molar-refractivity contribution in [1.29, 1.82) is 0 Å². The SMILES string of the molecule is C[C@]12CC[C@H]3[C@@H](C[C@H](O)[C@@]45C[C@@H]4CC[C@]35C)[C@@H]1CC=C2C(=O)NCC1COCCOCCOCCOCCO1. The Morgan fingerprint density at radius 3 is 2.36 bits per heavy atom. The van der Waals surface area contributed by atoms with Crippen LogP contribution in [0.4, 0.5) is 0 Å². The molecule has 5 aliphatic carbocycles. The van der Waals surface area contributed by atoms with Crippen molar-refractivity contribution in [3.05, 3.63) is 11.6 Å². The summed E-state index contributed by atoms with van der Waals surface area (Å²) >= 11 is 0. The fourth-order valence-corrected chi connectivity index (χ4v) is 9.84. The van der Waals surface area contributed by atoms with Gasteiger partial charge in [-0.3, -0.25) is 4.79 Å². The summed E-state index contributed by atoms with van der Waals surface area (Å²) in [6.45, 7) is 9.64. The van der Waals surface area contributed by atoms with E-state index in [1.54, 1.807) is 0 Å². The van der Waals surface area contributed by atoms with Crippen molar-refractivity contribution < 1.29 is 33.6 Å². The van der Waals surface area contributed by atoms with Crippen LogP contribution >= 0.6 is 0 Å². The molecule has 8 nitrogen and oxygen atoms in total. The van der Waals surface area contributed by atoms with E-state index in [9.17, 15) is 9.90 Å². The largest absolute Gasteiger partial charge is 0.393 e. The molecule has 0 bridgehead atoms. The summed E-state index contributed by atoms with van der Waals surface area (Å²) in [4.78, 5) is 13.6. The highest BCUT2D eigenvalue weighted by Crippen LogP contribution is 2.81. The third-order valence-corrected chi connectivity index (χ3v) is 11.9. The van der Waals surface area contributed by atoms with Crippen LogP contribution in [-0.2, 0) is 28.5 Å². The quantitative estimate of drug-likeness (QED) is 0.561.